The molecule has 0 aromatic carbocycles. The summed E-state index contributed by atoms with van der Waals surface area (Å²) in [6, 6.07) is 0. The Bertz CT molecular complexity index is 301. The van der Waals surface area contributed by atoms with Crippen LogP contribution in [0.15, 0.2) is 0 Å². The molecule has 2 N–H and O–H groups in total. The number of rotatable bonds is 14. The summed E-state index contributed by atoms with van der Waals surface area (Å²) in [5.74, 6) is -0.639. The van der Waals surface area contributed by atoms with Crippen molar-refractivity contribution in [3.8, 4) is 0 Å². The van der Waals surface area contributed by atoms with Gasteiger partial charge in [0, 0.05) is 6.61 Å². The first-order valence-electron chi connectivity index (χ1n) is 8.05. The van der Waals surface area contributed by atoms with E-state index in [1.54, 1.807) is 0 Å². The van der Waals surface area contributed by atoms with Gasteiger partial charge in [-0.25, -0.2) is 0 Å². The van der Waals surface area contributed by atoms with E-state index in [2.05, 4.69) is 6.92 Å². The maximum Gasteiger partial charge on any atom is 0.265 e. The van der Waals surface area contributed by atoms with Crippen LogP contribution in [0, 0.1) is 5.92 Å². The second-order valence-corrected chi connectivity index (χ2v) is 7.26. The molecule has 4 nitrogen and oxygen atoms in total. The summed E-state index contributed by atoms with van der Waals surface area (Å²) in [7, 11) is -3.96. The van der Waals surface area contributed by atoms with Crippen LogP contribution in [0.4, 0.5) is 0 Å². The Kier molecular flexibility index (Phi) is 12.5. The lowest BCUT2D eigenvalue weighted by Gasteiger charge is -2.11. The maximum atomic E-state index is 10.7. The molecule has 0 aliphatic rings. The molecule has 0 rings (SSSR count). The van der Waals surface area contributed by atoms with Crippen molar-refractivity contribution in [1.29, 1.82) is 0 Å². The molecule has 5 heteroatoms. The van der Waals surface area contributed by atoms with Crippen LogP contribution in [0.3, 0.4) is 0 Å². The van der Waals surface area contributed by atoms with E-state index in [1.807, 2.05) is 0 Å². The minimum atomic E-state index is -3.96. The van der Waals surface area contributed by atoms with Gasteiger partial charge in [0.15, 0.2) is 0 Å². The molecule has 0 aliphatic carbocycles. The first-order chi connectivity index (χ1) is 9.49. The standard InChI is InChI=1S/C15H32O4S/c1-2-3-4-5-6-7-8-9-10-11-12-15(13-16)14-20(17,18)19/h15-16H,2-14H2,1H3,(H,17,18,19). The van der Waals surface area contributed by atoms with E-state index in [0.29, 0.717) is 6.42 Å². The third-order valence-electron chi connectivity index (χ3n) is 3.67. The smallest absolute Gasteiger partial charge is 0.265 e. The lowest BCUT2D eigenvalue weighted by atomic mass is 10.0. The van der Waals surface area contributed by atoms with Gasteiger partial charge in [0.25, 0.3) is 10.1 Å². The largest absolute Gasteiger partial charge is 0.396 e. The summed E-state index contributed by atoms with van der Waals surface area (Å²) >= 11 is 0. The van der Waals surface area contributed by atoms with Crippen molar-refractivity contribution in [2.24, 2.45) is 5.92 Å². The normalized spacial score (nSPS) is 13.6. The van der Waals surface area contributed by atoms with Crippen LogP contribution in [-0.2, 0) is 10.1 Å². The molecule has 0 spiro atoms. The van der Waals surface area contributed by atoms with Crippen molar-refractivity contribution in [2.45, 2.75) is 77.6 Å². The van der Waals surface area contributed by atoms with Crippen molar-refractivity contribution in [2.75, 3.05) is 12.4 Å². The first-order valence-corrected chi connectivity index (χ1v) is 9.66. The van der Waals surface area contributed by atoms with E-state index in [1.165, 1.54) is 51.4 Å². The van der Waals surface area contributed by atoms with Gasteiger partial charge in [-0.05, 0) is 12.3 Å². The highest BCUT2D eigenvalue weighted by Crippen LogP contribution is 2.14. The Balaban J connectivity index is 3.38. The second kappa shape index (κ2) is 12.6. The fourth-order valence-electron chi connectivity index (χ4n) is 2.45. The summed E-state index contributed by atoms with van der Waals surface area (Å²) in [5, 5.41) is 9.06. The monoisotopic (exact) mass is 308 g/mol. The molecule has 0 amide bonds. The third-order valence-corrected chi connectivity index (χ3v) is 4.56. The molecule has 0 bridgehead atoms. The molecule has 122 valence electrons. The molecule has 20 heavy (non-hydrogen) atoms. The quantitative estimate of drug-likeness (QED) is 0.378. The summed E-state index contributed by atoms with van der Waals surface area (Å²) in [6.45, 7) is 2.05. The van der Waals surface area contributed by atoms with Gasteiger partial charge in [0.2, 0.25) is 0 Å². The zero-order valence-electron chi connectivity index (χ0n) is 12.9. The minimum absolute atomic E-state index is 0.169. The highest BCUT2D eigenvalue weighted by molar-refractivity contribution is 7.85. The van der Waals surface area contributed by atoms with Crippen LogP contribution >= 0.6 is 0 Å². The molecular formula is C15H32O4S. The van der Waals surface area contributed by atoms with E-state index in [4.69, 9.17) is 9.66 Å². The van der Waals surface area contributed by atoms with Gasteiger partial charge < -0.3 is 5.11 Å². The average Bonchev–Trinajstić information content (AvgIpc) is 2.38. The Morgan fingerprint density at radius 3 is 1.70 bits per heavy atom. The van der Waals surface area contributed by atoms with Crippen molar-refractivity contribution >= 4 is 10.1 Å². The van der Waals surface area contributed by atoms with Crippen LogP contribution in [0.5, 0.6) is 0 Å². The SMILES string of the molecule is CCCCCCCCCCCCC(CO)CS(=O)(=O)O. The average molecular weight is 308 g/mol. The summed E-state index contributed by atoms with van der Waals surface area (Å²) in [6.07, 6.45) is 13.0. The van der Waals surface area contributed by atoms with Gasteiger partial charge in [0.05, 0.1) is 5.75 Å². The van der Waals surface area contributed by atoms with Crippen LogP contribution in [0.2, 0.25) is 0 Å². The van der Waals surface area contributed by atoms with Crippen molar-refractivity contribution < 1.29 is 18.1 Å². The van der Waals surface area contributed by atoms with Gasteiger partial charge in [0.1, 0.15) is 0 Å². The van der Waals surface area contributed by atoms with E-state index < -0.39 is 10.1 Å². The van der Waals surface area contributed by atoms with Crippen molar-refractivity contribution in [1.82, 2.24) is 0 Å². The molecular weight excluding hydrogens is 276 g/mol. The van der Waals surface area contributed by atoms with E-state index in [0.717, 1.165) is 12.8 Å². The topological polar surface area (TPSA) is 74.6 Å². The lowest BCUT2D eigenvalue weighted by molar-refractivity contribution is 0.226. The molecule has 0 aromatic heterocycles. The van der Waals surface area contributed by atoms with Gasteiger partial charge >= 0.3 is 0 Å². The minimum Gasteiger partial charge on any atom is -0.396 e. The molecule has 1 atom stereocenters. The van der Waals surface area contributed by atoms with Crippen molar-refractivity contribution in [3.05, 3.63) is 0 Å². The Morgan fingerprint density at radius 1 is 0.850 bits per heavy atom. The third kappa shape index (κ3) is 14.3. The predicted octanol–water partition coefficient (Wildman–Crippen LogP) is 3.79. The van der Waals surface area contributed by atoms with Gasteiger partial charge in [-0.2, -0.15) is 8.42 Å². The summed E-state index contributed by atoms with van der Waals surface area (Å²) in [4.78, 5) is 0. The zero-order chi connectivity index (χ0) is 15.3. The molecule has 0 heterocycles. The van der Waals surface area contributed by atoms with Crippen LogP contribution in [0.1, 0.15) is 77.6 Å². The highest BCUT2D eigenvalue weighted by atomic mass is 32.2. The molecule has 0 radical (unpaired) electrons. The molecule has 0 fully saturated rings. The summed E-state index contributed by atoms with van der Waals surface area (Å²) < 4.78 is 30.2. The zero-order valence-corrected chi connectivity index (χ0v) is 13.7. The number of hydrogen-bond acceptors (Lipinski definition) is 3. The van der Waals surface area contributed by atoms with E-state index in [9.17, 15) is 8.42 Å². The van der Waals surface area contributed by atoms with Gasteiger partial charge in [-0.3, -0.25) is 4.55 Å². The molecule has 0 aromatic rings. The number of aliphatic hydroxyl groups excluding tert-OH is 1. The number of unbranched alkanes of at least 4 members (excludes halogenated alkanes) is 9. The maximum absolute atomic E-state index is 10.7. The van der Waals surface area contributed by atoms with E-state index >= 15 is 0 Å². The van der Waals surface area contributed by atoms with E-state index in [-0.39, 0.29) is 18.3 Å². The second-order valence-electron chi connectivity index (χ2n) is 5.77. The number of hydrogen-bond donors (Lipinski definition) is 2. The van der Waals surface area contributed by atoms with Gasteiger partial charge in [-0.15, -0.1) is 0 Å². The first kappa shape index (κ1) is 19.9. The van der Waals surface area contributed by atoms with Crippen LogP contribution < -0.4 is 0 Å². The molecule has 1 unspecified atom stereocenters. The van der Waals surface area contributed by atoms with Gasteiger partial charge in [-0.1, -0.05) is 71.1 Å². The predicted molar refractivity (Wildman–Crippen MR) is 83.5 cm³/mol. The molecule has 0 saturated heterocycles. The molecule has 0 saturated carbocycles. The number of aliphatic hydroxyl groups is 1. The fourth-order valence-corrected chi connectivity index (χ4v) is 3.31. The Labute approximate surface area is 124 Å². The Morgan fingerprint density at radius 2 is 1.30 bits per heavy atom. The lowest BCUT2D eigenvalue weighted by Crippen LogP contribution is -2.18. The summed E-state index contributed by atoms with van der Waals surface area (Å²) in [5.41, 5.74) is 0. The molecule has 0 aliphatic heterocycles. The van der Waals surface area contributed by atoms with Crippen LogP contribution in [-0.4, -0.2) is 30.4 Å². The van der Waals surface area contributed by atoms with Crippen LogP contribution in [0.25, 0.3) is 0 Å². The van der Waals surface area contributed by atoms with Crippen molar-refractivity contribution in [3.63, 3.8) is 0 Å². The Hall–Kier alpha value is -0.130. The highest BCUT2D eigenvalue weighted by Gasteiger charge is 2.15. The fraction of sp³-hybridized carbons (Fsp3) is 1.00.